The smallest absolute Gasteiger partial charge is 0.253 e. The highest BCUT2D eigenvalue weighted by atomic mass is 32.1. The van der Waals surface area contributed by atoms with Gasteiger partial charge in [-0.15, -0.1) is 0 Å². The maximum Gasteiger partial charge on any atom is 0.253 e. The van der Waals surface area contributed by atoms with Crippen molar-refractivity contribution in [1.82, 2.24) is 4.90 Å². The molecule has 0 saturated heterocycles. The summed E-state index contributed by atoms with van der Waals surface area (Å²) in [4.78, 5) is 13.8. The van der Waals surface area contributed by atoms with Gasteiger partial charge in [-0.2, -0.15) is 0 Å². The van der Waals surface area contributed by atoms with Gasteiger partial charge in [0.25, 0.3) is 5.91 Å². The second-order valence-electron chi connectivity index (χ2n) is 3.55. The molecular formula is C12H17N3OS. The zero-order valence-corrected chi connectivity index (χ0v) is 10.9. The third-order valence-corrected chi connectivity index (χ3v) is 2.53. The lowest BCUT2D eigenvalue weighted by Crippen LogP contribution is -2.30. The molecule has 17 heavy (non-hydrogen) atoms. The Kier molecular flexibility index (Phi) is 4.90. The van der Waals surface area contributed by atoms with E-state index < -0.39 is 0 Å². The third kappa shape index (κ3) is 3.71. The van der Waals surface area contributed by atoms with E-state index in [0.29, 0.717) is 18.7 Å². The number of nitrogens with zero attached hydrogens (tertiary/aromatic N) is 1. The summed E-state index contributed by atoms with van der Waals surface area (Å²) in [6, 6.07) is 7.15. The van der Waals surface area contributed by atoms with Crippen LogP contribution in [0.25, 0.3) is 0 Å². The van der Waals surface area contributed by atoms with Gasteiger partial charge in [0.2, 0.25) is 0 Å². The molecule has 92 valence electrons. The minimum absolute atomic E-state index is 0.0154. The number of nitrogens with one attached hydrogen (secondary N) is 1. The van der Waals surface area contributed by atoms with Crippen molar-refractivity contribution in [3.05, 3.63) is 29.8 Å². The maximum absolute atomic E-state index is 12.1. The number of nitrogens with two attached hydrogens (primary N) is 1. The van der Waals surface area contributed by atoms with Gasteiger partial charge >= 0.3 is 0 Å². The predicted octanol–water partition coefficient (Wildman–Crippen LogP) is 1.82. The lowest BCUT2D eigenvalue weighted by molar-refractivity contribution is 0.0773. The van der Waals surface area contributed by atoms with Crippen LogP contribution in [0.1, 0.15) is 24.2 Å². The standard InChI is InChI=1S/C12H17N3OS/c1-3-15(4-2)11(16)9-6-5-7-10(8-9)14-12(13)17/h5-8H,3-4H2,1-2H3,(H3,13,14,17). The first-order chi connectivity index (χ1) is 8.08. The molecule has 0 bridgehead atoms. The molecule has 1 amide bonds. The number of thiocarbonyl (C=S) groups is 1. The van der Waals surface area contributed by atoms with Crippen LogP contribution in [0.4, 0.5) is 5.69 Å². The molecule has 1 rings (SSSR count). The first kappa shape index (κ1) is 13.4. The molecule has 1 aromatic carbocycles. The van der Waals surface area contributed by atoms with Crippen molar-refractivity contribution in [3.8, 4) is 0 Å². The molecule has 1 aromatic rings. The number of carbonyl (C=O) groups excluding carboxylic acids is 1. The average Bonchev–Trinajstić information content (AvgIpc) is 2.30. The molecule has 5 heteroatoms. The van der Waals surface area contributed by atoms with Crippen LogP contribution in [-0.4, -0.2) is 29.0 Å². The summed E-state index contributed by atoms with van der Waals surface area (Å²) >= 11 is 4.76. The lowest BCUT2D eigenvalue weighted by Gasteiger charge is -2.19. The summed E-state index contributed by atoms with van der Waals surface area (Å²) in [7, 11) is 0. The fraction of sp³-hybridized carbons (Fsp3) is 0.333. The number of rotatable bonds is 4. The van der Waals surface area contributed by atoms with E-state index in [1.807, 2.05) is 19.9 Å². The van der Waals surface area contributed by atoms with Crippen molar-refractivity contribution in [2.24, 2.45) is 5.73 Å². The van der Waals surface area contributed by atoms with Gasteiger partial charge < -0.3 is 16.0 Å². The maximum atomic E-state index is 12.1. The molecule has 0 fully saturated rings. The molecule has 0 saturated carbocycles. The molecule has 4 nitrogen and oxygen atoms in total. The Labute approximate surface area is 107 Å². The van der Waals surface area contributed by atoms with Crippen LogP contribution in [0.3, 0.4) is 0 Å². The number of amides is 1. The zero-order chi connectivity index (χ0) is 12.8. The zero-order valence-electron chi connectivity index (χ0n) is 10.1. The Hall–Kier alpha value is -1.62. The monoisotopic (exact) mass is 251 g/mol. The first-order valence-corrected chi connectivity index (χ1v) is 5.95. The van der Waals surface area contributed by atoms with Crippen molar-refractivity contribution in [2.45, 2.75) is 13.8 Å². The highest BCUT2D eigenvalue weighted by Gasteiger charge is 2.12. The average molecular weight is 251 g/mol. The lowest BCUT2D eigenvalue weighted by atomic mass is 10.1. The van der Waals surface area contributed by atoms with Gasteiger partial charge in [0.1, 0.15) is 0 Å². The number of benzene rings is 1. The van der Waals surface area contributed by atoms with Crippen LogP contribution < -0.4 is 11.1 Å². The minimum Gasteiger partial charge on any atom is -0.376 e. The van der Waals surface area contributed by atoms with Gasteiger partial charge in [-0.25, -0.2) is 0 Å². The molecule has 0 radical (unpaired) electrons. The van der Waals surface area contributed by atoms with E-state index in [1.54, 1.807) is 23.1 Å². The van der Waals surface area contributed by atoms with Crippen molar-refractivity contribution in [3.63, 3.8) is 0 Å². The number of hydrogen-bond acceptors (Lipinski definition) is 2. The molecule has 0 aliphatic carbocycles. The molecular weight excluding hydrogens is 234 g/mol. The summed E-state index contributed by atoms with van der Waals surface area (Å²) in [5, 5.41) is 3.01. The van der Waals surface area contributed by atoms with Gasteiger partial charge in [0, 0.05) is 24.3 Å². The van der Waals surface area contributed by atoms with Gasteiger partial charge in [0.15, 0.2) is 5.11 Å². The molecule has 0 aliphatic rings. The quantitative estimate of drug-likeness (QED) is 0.801. The Morgan fingerprint density at radius 2 is 2.06 bits per heavy atom. The summed E-state index contributed by atoms with van der Waals surface area (Å²) in [5.74, 6) is 0.0154. The van der Waals surface area contributed by atoms with Crippen LogP contribution >= 0.6 is 12.2 Å². The second-order valence-corrected chi connectivity index (χ2v) is 3.99. The van der Waals surface area contributed by atoms with Crippen LogP contribution in [0.5, 0.6) is 0 Å². The summed E-state index contributed by atoms with van der Waals surface area (Å²) in [5.41, 5.74) is 6.75. The summed E-state index contributed by atoms with van der Waals surface area (Å²) < 4.78 is 0. The minimum atomic E-state index is 0.0154. The van der Waals surface area contributed by atoms with E-state index in [9.17, 15) is 4.79 Å². The topological polar surface area (TPSA) is 58.4 Å². The van der Waals surface area contributed by atoms with Crippen molar-refractivity contribution in [2.75, 3.05) is 18.4 Å². The van der Waals surface area contributed by atoms with Crippen molar-refractivity contribution < 1.29 is 4.79 Å². The first-order valence-electron chi connectivity index (χ1n) is 5.54. The van der Waals surface area contributed by atoms with Crippen LogP contribution in [0.2, 0.25) is 0 Å². The van der Waals surface area contributed by atoms with E-state index in [0.717, 1.165) is 5.69 Å². The normalized spacial score (nSPS) is 9.76. The second kappa shape index (κ2) is 6.20. The number of hydrogen-bond donors (Lipinski definition) is 2. The Morgan fingerprint density at radius 1 is 1.41 bits per heavy atom. The molecule has 3 N–H and O–H groups in total. The number of anilines is 1. The largest absolute Gasteiger partial charge is 0.376 e. The van der Waals surface area contributed by atoms with Crippen LogP contribution in [0, 0.1) is 0 Å². The highest BCUT2D eigenvalue weighted by molar-refractivity contribution is 7.80. The van der Waals surface area contributed by atoms with Crippen LogP contribution in [-0.2, 0) is 0 Å². The van der Waals surface area contributed by atoms with E-state index >= 15 is 0 Å². The van der Waals surface area contributed by atoms with Gasteiger partial charge in [-0.3, -0.25) is 4.79 Å². The molecule has 0 unspecified atom stereocenters. The predicted molar refractivity (Wildman–Crippen MR) is 74.1 cm³/mol. The summed E-state index contributed by atoms with van der Waals surface area (Å²) in [6.45, 7) is 5.31. The fourth-order valence-electron chi connectivity index (χ4n) is 1.57. The molecule has 0 heterocycles. The Bertz CT molecular complexity index is 416. The molecule has 0 aromatic heterocycles. The molecule has 0 spiro atoms. The van der Waals surface area contributed by atoms with Gasteiger partial charge in [-0.1, -0.05) is 6.07 Å². The van der Waals surface area contributed by atoms with E-state index in [4.69, 9.17) is 18.0 Å². The molecule has 0 atom stereocenters. The SMILES string of the molecule is CCN(CC)C(=O)c1cccc(NC(N)=S)c1. The highest BCUT2D eigenvalue weighted by Crippen LogP contribution is 2.12. The third-order valence-electron chi connectivity index (χ3n) is 2.43. The Balaban J connectivity index is 2.90. The van der Waals surface area contributed by atoms with Crippen molar-refractivity contribution in [1.29, 1.82) is 0 Å². The van der Waals surface area contributed by atoms with Gasteiger partial charge in [-0.05, 0) is 44.3 Å². The van der Waals surface area contributed by atoms with E-state index in [1.165, 1.54) is 0 Å². The van der Waals surface area contributed by atoms with Crippen LogP contribution in [0.15, 0.2) is 24.3 Å². The Morgan fingerprint density at radius 3 is 2.59 bits per heavy atom. The van der Waals surface area contributed by atoms with E-state index in [2.05, 4.69) is 5.32 Å². The summed E-state index contributed by atoms with van der Waals surface area (Å²) in [6.07, 6.45) is 0. The molecule has 0 aliphatic heterocycles. The van der Waals surface area contributed by atoms with E-state index in [-0.39, 0.29) is 11.0 Å². The fourth-order valence-corrected chi connectivity index (χ4v) is 1.68. The van der Waals surface area contributed by atoms with Crippen molar-refractivity contribution >= 4 is 28.9 Å². The number of carbonyl (C=O) groups is 1. The van der Waals surface area contributed by atoms with Gasteiger partial charge in [0.05, 0.1) is 0 Å².